The van der Waals surface area contributed by atoms with Crippen molar-refractivity contribution in [1.29, 1.82) is 0 Å². The Morgan fingerprint density at radius 1 is 1.23 bits per heavy atom. The lowest BCUT2D eigenvalue weighted by Crippen LogP contribution is -2.54. The maximum atomic E-state index is 12.8. The number of ether oxygens (including phenoxy) is 1. The van der Waals surface area contributed by atoms with Crippen molar-refractivity contribution in [3.8, 4) is 0 Å². The predicted octanol–water partition coefficient (Wildman–Crippen LogP) is 3.79. The number of nitrogens with one attached hydrogen (secondary N) is 1. The van der Waals surface area contributed by atoms with Gasteiger partial charge in [-0.25, -0.2) is 14.8 Å². The Morgan fingerprint density at radius 3 is 2.52 bits per heavy atom. The topological polar surface area (TPSA) is 84.4 Å². The highest BCUT2D eigenvalue weighted by Gasteiger charge is 2.48. The number of alkyl carbamates (subject to hydrolysis) is 1. The van der Waals surface area contributed by atoms with Gasteiger partial charge < -0.3 is 15.0 Å². The summed E-state index contributed by atoms with van der Waals surface area (Å²) in [5.74, 6) is 1.75. The largest absolute Gasteiger partial charge is 0.450 e. The van der Waals surface area contributed by atoms with Crippen LogP contribution in [0.2, 0.25) is 0 Å². The van der Waals surface area contributed by atoms with Crippen LogP contribution in [-0.2, 0) is 14.9 Å². The zero-order valence-corrected chi connectivity index (χ0v) is 19.3. The summed E-state index contributed by atoms with van der Waals surface area (Å²) in [6, 6.07) is 2.14. The molecule has 2 heterocycles. The Labute approximate surface area is 185 Å². The van der Waals surface area contributed by atoms with Crippen molar-refractivity contribution in [2.24, 2.45) is 11.3 Å². The number of amides is 2. The van der Waals surface area contributed by atoms with Crippen molar-refractivity contribution in [3.05, 3.63) is 23.8 Å². The first-order valence-corrected chi connectivity index (χ1v) is 11.7. The second-order valence-electron chi connectivity index (χ2n) is 10.7. The molecule has 31 heavy (non-hydrogen) atoms. The van der Waals surface area contributed by atoms with Crippen LogP contribution < -0.4 is 5.32 Å². The average Bonchev–Trinajstić information content (AvgIpc) is 2.68. The van der Waals surface area contributed by atoms with Gasteiger partial charge >= 0.3 is 6.09 Å². The van der Waals surface area contributed by atoms with Crippen LogP contribution in [0.15, 0.2) is 12.3 Å². The normalized spacial score (nSPS) is 25.5. The van der Waals surface area contributed by atoms with Crippen LogP contribution in [0.3, 0.4) is 0 Å². The third kappa shape index (κ3) is 4.70. The standard InChI is InChI=1S/C24H36N4O3/c1-5-31-22(30)26-18-12-16(13-18)20(29)28-10-7-24(8-11-28)14-17(15-24)19-6-9-25-21(27-19)23(2,3)4/h6,9,16-18H,5,7-8,10-15H2,1-4H3,(H,26,30)/t16-,18+. The fraction of sp³-hybridized carbons (Fsp3) is 0.750. The second-order valence-corrected chi connectivity index (χ2v) is 10.7. The van der Waals surface area contributed by atoms with E-state index in [1.165, 1.54) is 18.5 Å². The van der Waals surface area contributed by atoms with E-state index in [2.05, 4.69) is 37.1 Å². The number of nitrogens with zero attached hydrogens (tertiary/aromatic N) is 3. The molecule has 0 atom stereocenters. The van der Waals surface area contributed by atoms with Gasteiger partial charge in [0.1, 0.15) is 5.82 Å². The van der Waals surface area contributed by atoms with Gasteiger partial charge in [0.15, 0.2) is 0 Å². The molecule has 0 radical (unpaired) electrons. The highest BCUT2D eigenvalue weighted by atomic mass is 16.5. The number of hydrogen-bond acceptors (Lipinski definition) is 5. The van der Waals surface area contributed by atoms with E-state index in [0.717, 1.165) is 44.6 Å². The molecule has 1 aromatic rings. The van der Waals surface area contributed by atoms with E-state index >= 15 is 0 Å². The lowest BCUT2D eigenvalue weighted by Gasteiger charge is -2.53. The van der Waals surface area contributed by atoms with E-state index in [4.69, 9.17) is 9.72 Å². The first-order valence-electron chi connectivity index (χ1n) is 11.7. The molecule has 1 aliphatic heterocycles. The lowest BCUT2D eigenvalue weighted by molar-refractivity contribution is -0.142. The van der Waals surface area contributed by atoms with E-state index in [1.807, 2.05) is 11.1 Å². The smallest absolute Gasteiger partial charge is 0.407 e. The third-order valence-corrected chi connectivity index (χ3v) is 7.35. The fourth-order valence-electron chi connectivity index (χ4n) is 5.30. The molecule has 3 fully saturated rings. The van der Waals surface area contributed by atoms with Crippen molar-refractivity contribution in [2.75, 3.05) is 19.7 Å². The highest BCUT2D eigenvalue weighted by Crippen LogP contribution is 2.56. The van der Waals surface area contributed by atoms with Crippen LogP contribution in [0.1, 0.15) is 83.7 Å². The molecule has 7 nitrogen and oxygen atoms in total. The van der Waals surface area contributed by atoms with Crippen LogP contribution in [-0.4, -0.2) is 52.6 Å². The second kappa shape index (κ2) is 8.40. The molecule has 0 unspecified atom stereocenters. The molecule has 1 spiro atoms. The first kappa shape index (κ1) is 22.0. The van der Waals surface area contributed by atoms with Gasteiger partial charge in [0.05, 0.1) is 6.61 Å². The number of likely N-dealkylation sites (tertiary alicyclic amines) is 1. The maximum Gasteiger partial charge on any atom is 0.407 e. The minimum absolute atomic E-state index is 0.0322. The van der Waals surface area contributed by atoms with E-state index in [-0.39, 0.29) is 29.4 Å². The Balaban J connectivity index is 1.22. The molecule has 1 N–H and O–H groups in total. The van der Waals surface area contributed by atoms with Crippen LogP contribution in [0.4, 0.5) is 4.79 Å². The van der Waals surface area contributed by atoms with Crippen molar-refractivity contribution in [2.45, 2.75) is 83.6 Å². The zero-order valence-electron chi connectivity index (χ0n) is 19.3. The number of piperidine rings is 1. The highest BCUT2D eigenvalue weighted by molar-refractivity contribution is 5.80. The molecular weight excluding hydrogens is 392 g/mol. The van der Waals surface area contributed by atoms with Gasteiger partial charge in [0.2, 0.25) is 5.91 Å². The molecule has 3 aliphatic rings. The minimum Gasteiger partial charge on any atom is -0.450 e. The fourth-order valence-corrected chi connectivity index (χ4v) is 5.30. The molecule has 2 aliphatic carbocycles. The molecule has 1 aromatic heterocycles. The van der Waals surface area contributed by atoms with Gasteiger partial charge in [-0.1, -0.05) is 20.8 Å². The van der Waals surface area contributed by atoms with Crippen LogP contribution >= 0.6 is 0 Å². The van der Waals surface area contributed by atoms with Crippen molar-refractivity contribution in [3.63, 3.8) is 0 Å². The summed E-state index contributed by atoms with van der Waals surface area (Å²) in [7, 11) is 0. The first-order chi connectivity index (χ1) is 14.7. The SMILES string of the molecule is CCOC(=O)N[C@H]1C[C@@H](C(=O)N2CCC3(CC2)CC(c2ccnc(C(C)(C)C)n2)C3)C1. The molecule has 4 rings (SSSR count). The van der Waals surface area contributed by atoms with Crippen molar-refractivity contribution >= 4 is 12.0 Å². The number of hydrogen-bond donors (Lipinski definition) is 1. The third-order valence-electron chi connectivity index (χ3n) is 7.35. The van der Waals surface area contributed by atoms with E-state index in [9.17, 15) is 9.59 Å². The molecular formula is C24H36N4O3. The van der Waals surface area contributed by atoms with E-state index in [1.54, 1.807) is 6.92 Å². The van der Waals surface area contributed by atoms with Gasteiger partial charge in [-0.05, 0) is 56.9 Å². The number of carbonyl (C=O) groups is 2. The molecule has 0 aromatic carbocycles. The minimum atomic E-state index is -0.379. The van der Waals surface area contributed by atoms with E-state index < -0.39 is 0 Å². The number of rotatable bonds is 4. The molecule has 1 saturated heterocycles. The molecule has 2 amide bonds. The molecule has 0 bridgehead atoms. The molecule has 170 valence electrons. The van der Waals surface area contributed by atoms with Crippen LogP contribution in [0, 0.1) is 11.3 Å². The predicted molar refractivity (Wildman–Crippen MR) is 118 cm³/mol. The van der Waals surface area contributed by atoms with Crippen LogP contribution in [0.5, 0.6) is 0 Å². The summed E-state index contributed by atoms with van der Waals surface area (Å²) in [5, 5.41) is 2.83. The summed E-state index contributed by atoms with van der Waals surface area (Å²) < 4.78 is 4.91. The summed E-state index contributed by atoms with van der Waals surface area (Å²) in [6.07, 6.45) is 7.49. The number of carbonyl (C=O) groups excluding carboxylic acids is 2. The summed E-state index contributed by atoms with van der Waals surface area (Å²) in [4.78, 5) is 35.7. The summed E-state index contributed by atoms with van der Waals surface area (Å²) in [6.45, 7) is 10.3. The molecule has 2 saturated carbocycles. The number of aromatic nitrogens is 2. The van der Waals surface area contributed by atoms with Gasteiger partial charge in [-0.3, -0.25) is 4.79 Å². The monoisotopic (exact) mass is 428 g/mol. The van der Waals surface area contributed by atoms with Gasteiger partial charge in [0, 0.05) is 48.3 Å². The van der Waals surface area contributed by atoms with E-state index in [0.29, 0.717) is 17.9 Å². The summed E-state index contributed by atoms with van der Waals surface area (Å²) >= 11 is 0. The van der Waals surface area contributed by atoms with Gasteiger partial charge in [-0.15, -0.1) is 0 Å². The molecule has 7 heteroatoms. The quantitative estimate of drug-likeness (QED) is 0.789. The Morgan fingerprint density at radius 2 is 1.90 bits per heavy atom. The Hall–Kier alpha value is -2.18. The summed E-state index contributed by atoms with van der Waals surface area (Å²) in [5.41, 5.74) is 1.52. The Kier molecular flexibility index (Phi) is 5.97. The lowest BCUT2D eigenvalue weighted by atomic mass is 9.56. The maximum absolute atomic E-state index is 12.8. The zero-order chi connectivity index (χ0) is 22.2. The van der Waals surface area contributed by atoms with Gasteiger partial charge in [-0.2, -0.15) is 0 Å². The van der Waals surface area contributed by atoms with Crippen LogP contribution in [0.25, 0.3) is 0 Å². The van der Waals surface area contributed by atoms with Crippen molar-refractivity contribution < 1.29 is 14.3 Å². The van der Waals surface area contributed by atoms with Crippen molar-refractivity contribution in [1.82, 2.24) is 20.2 Å². The average molecular weight is 429 g/mol. The van der Waals surface area contributed by atoms with Gasteiger partial charge in [0.25, 0.3) is 0 Å². The Bertz CT molecular complexity index is 812.